The molecule has 0 heterocycles. The molecule has 1 unspecified atom stereocenters. The van der Waals surface area contributed by atoms with Crippen LogP contribution >= 0.6 is 0 Å². The van der Waals surface area contributed by atoms with E-state index in [1.165, 1.54) is 18.2 Å². The quantitative estimate of drug-likeness (QED) is 0.652. The Labute approximate surface area is 150 Å². The minimum atomic E-state index is -1.34. The van der Waals surface area contributed by atoms with E-state index in [-0.39, 0.29) is 11.5 Å². The maximum absolute atomic E-state index is 13.7. The van der Waals surface area contributed by atoms with Crippen LogP contribution in [0, 0.1) is 17.1 Å². The molecule has 0 aliphatic rings. The fourth-order valence-electron chi connectivity index (χ4n) is 2.40. The monoisotopic (exact) mass is 349 g/mol. The number of aliphatic hydroxyl groups excluding tert-OH is 1. The Hall–Kier alpha value is -3.36. The first-order valence-corrected chi connectivity index (χ1v) is 7.98. The molecular weight excluding hydrogens is 333 g/mol. The molecule has 4 nitrogen and oxygen atoms in total. The number of halogens is 1. The summed E-state index contributed by atoms with van der Waals surface area (Å²) in [5.74, 6) is 0.303. The highest BCUT2D eigenvalue weighted by Gasteiger charge is 2.15. The molecule has 0 aromatic heterocycles. The summed E-state index contributed by atoms with van der Waals surface area (Å²) >= 11 is 0. The zero-order chi connectivity index (χ0) is 18.4. The molecule has 0 saturated carbocycles. The summed E-state index contributed by atoms with van der Waals surface area (Å²) < 4.78 is 25.2. The predicted octanol–water partition coefficient (Wildman–Crippen LogP) is 4.75. The maximum Gasteiger partial charge on any atom is 0.172 e. The van der Waals surface area contributed by atoms with Gasteiger partial charge in [0.15, 0.2) is 17.6 Å². The number of para-hydroxylation sites is 1. The highest BCUT2D eigenvalue weighted by molar-refractivity contribution is 5.46. The average molecular weight is 349 g/mol. The van der Waals surface area contributed by atoms with E-state index in [0.717, 1.165) is 5.56 Å². The summed E-state index contributed by atoms with van der Waals surface area (Å²) in [5, 5.41) is 18.8. The third kappa shape index (κ3) is 4.18. The van der Waals surface area contributed by atoms with Crippen LogP contribution in [0.25, 0.3) is 0 Å². The zero-order valence-corrected chi connectivity index (χ0v) is 13.8. The summed E-state index contributed by atoms with van der Waals surface area (Å²) in [4.78, 5) is 0. The first-order chi connectivity index (χ1) is 12.7. The van der Waals surface area contributed by atoms with Gasteiger partial charge in [-0.1, -0.05) is 48.5 Å². The molecule has 0 aliphatic heterocycles. The lowest BCUT2D eigenvalue weighted by Crippen LogP contribution is -2.00. The van der Waals surface area contributed by atoms with Crippen molar-refractivity contribution < 1.29 is 19.0 Å². The van der Waals surface area contributed by atoms with E-state index < -0.39 is 11.9 Å². The molecule has 1 atom stereocenters. The Morgan fingerprint density at radius 1 is 0.923 bits per heavy atom. The van der Waals surface area contributed by atoms with Crippen LogP contribution in [0.4, 0.5) is 4.39 Å². The van der Waals surface area contributed by atoms with Gasteiger partial charge in [-0.15, -0.1) is 0 Å². The molecule has 5 heteroatoms. The van der Waals surface area contributed by atoms with Crippen molar-refractivity contribution in [3.63, 3.8) is 0 Å². The number of aliphatic hydroxyl groups is 1. The van der Waals surface area contributed by atoms with E-state index >= 15 is 0 Å². The highest BCUT2D eigenvalue weighted by atomic mass is 19.1. The Balaban J connectivity index is 1.86. The second-order valence-corrected chi connectivity index (χ2v) is 5.54. The van der Waals surface area contributed by atoms with E-state index in [9.17, 15) is 9.50 Å². The summed E-state index contributed by atoms with van der Waals surface area (Å²) in [6.45, 7) is 0.297. The van der Waals surface area contributed by atoms with Crippen LogP contribution in [0.1, 0.15) is 17.2 Å². The van der Waals surface area contributed by atoms with Crippen LogP contribution in [0.15, 0.2) is 72.8 Å². The van der Waals surface area contributed by atoms with Crippen molar-refractivity contribution in [2.45, 2.75) is 12.7 Å². The van der Waals surface area contributed by atoms with Gasteiger partial charge in [-0.3, -0.25) is 0 Å². The molecule has 0 amide bonds. The van der Waals surface area contributed by atoms with E-state index in [0.29, 0.717) is 17.9 Å². The third-order valence-corrected chi connectivity index (χ3v) is 3.70. The molecule has 0 saturated heterocycles. The van der Waals surface area contributed by atoms with Crippen LogP contribution < -0.4 is 9.47 Å². The molecular formula is C21H16FNO3. The minimum Gasteiger partial charge on any atom is -0.485 e. The van der Waals surface area contributed by atoms with Crippen molar-refractivity contribution in [1.82, 2.24) is 0 Å². The fourth-order valence-corrected chi connectivity index (χ4v) is 2.40. The van der Waals surface area contributed by atoms with E-state index in [1.54, 1.807) is 30.3 Å². The topological polar surface area (TPSA) is 62.5 Å². The van der Waals surface area contributed by atoms with E-state index in [2.05, 4.69) is 0 Å². The van der Waals surface area contributed by atoms with Crippen molar-refractivity contribution in [2.24, 2.45) is 0 Å². The van der Waals surface area contributed by atoms with Gasteiger partial charge in [-0.05, 0) is 23.8 Å². The number of rotatable bonds is 6. The second-order valence-electron chi connectivity index (χ2n) is 5.54. The van der Waals surface area contributed by atoms with Crippen molar-refractivity contribution in [3.05, 3.63) is 89.7 Å². The van der Waals surface area contributed by atoms with Gasteiger partial charge < -0.3 is 14.6 Å². The first kappa shape index (κ1) is 17.5. The molecule has 0 radical (unpaired) electrons. The van der Waals surface area contributed by atoms with Gasteiger partial charge in [-0.2, -0.15) is 5.26 Å². The summed E-state index contributed by atoms with van der Waals surface area (Å²) in [6, 6.07) is 21.8. The summed E-state index contributed by atoms with van der Waals surface area (Å²) in [6.07, 6.45) is -1.34. The van der Waals surface area contributed by atoms with Crippen LogP contribution in [-0.2, 0) is 6.61 Å². The lowest BCUT2D eigenvalue weighted by atomic mass is 10.1. The zero-order valence-electron chi connectivity index (χ0n) is 13.8. The molecule has 0 bridgehead atoms. The van der Waals surface area contributed by atoms with Crippen LogP contribution in [0.5, 0.6) is 17.2 Å². The van der Waals surface area contributed by atoms with Crippen molar-refractivity contribution in [1.29, 1.82) is 5.26 Å². The number of ether oxygens (including phenoxy) is 2. The van der Waals surface area contributed by atoms with Crippen molar-refractivity contribution in [3.8, 4) is 23.3 Å². The number of hydrogen-bond acceptors (Lipinski definition) is 4. The van der Waals surface area contributed by atoms with Crippen LogP contribution in [0.2, 0.25) is 0 Å². The third-order valence-electron chi connectivity index (χ3n) is 3.70. The standard InChI is InChI=1S/C21H16FNO3/c22-16-10-11-20(25-14-15-6-2-1-3-7-15)21(12-16)26-19-9-5-4-8-17(19)18(24)13-23/h1-12,18,24H,14H2. The molecule has 0 aliphatic carbocycles. The van der Waals surface area contributed by atoms with Gasteiger partial charge in [0, 0.05) is 11.6 Å². The maximum atomic E-state index is 13.7. The molecule has 0 spiro atoms. The Bertz CT molecular complexity index is 922. The number of hydrogen-bond donors (Lipinski definition) is 1. The van der Waals surface area contributed by atoms with Gasteiger partial charge in [0.25, 0.3) is 0 Å². The Morgan fingerprint density at radius 3 is 2.42 bits per heavy atom. The SMILES string of the molecule is N#CC(O)c1ccccc1Oc1cc(F)ccc1OCc1ccccc1. The number of benzene rings is 3. The van der Waals surface area contributed by atoms with Crippen LogP contribution in [0.3, 0.4) is 0 Å². The average Bonchev–Trinajstić information content (AvgIpc) is 2.68. The smallest absolute Gasteiger partial charge is 0.172 e. The molecule has 26 heavy (non-hydrogen) atoms. The normalized spacial score (nSPS) is 11.4. The van der Waals surface area contributed by atoms with Gasteiger partial charge >= 0.3 is 0 Å². The molecule has 0 fully saturated rings. The van der Waals surface area contributed by atoms with Gasteiger partial charge in [0.2, 0.25) is 0 Å². The molecule has 3 aromatic carbocycles. The molecule has 130 valence electrons. The number of nitriles is 1. The Morgan fingerprint density at radius 2 is 1.65 bits per heavy atom. The van der Waals surface area contributed by atoms with Gasteiger partial charge in [-0.25, -0.2) is 4.39 Å². The van der Waals surface area contributed by atoms with Gasteiger partial charge in [0.05, 0.1) is 6.07 Å². The Kier molecular flexibility index (Phi) is 5.47. The highest BCUT2D eigenvalue weighted by Crippen LogP contribution is 2.35. The van der Waals surface area contributed by atoms with E-state index in [1.807, 2.05) is 30.3 Å². The second kappa shape index (κ2) is 8.15. The van der Waals surface area contributed by atoms with Crippen molar-refractivity contribution in [2.75, 3.05) is 0 Å². The largest absolute Gasteiger partial charge is 0.485 e. The lowest BCUT2D eigenvalue weighted by Gasteiger charge is -2.15. The molecule has 3 rings (SSSR count). The fraction of sp³-hybridized carbons (Fsp3) is 0.0952. The first-order valence-electron chi connectivity index (χ1n) is 7.98. The van der Waals surface area contributed by atoms with E-state index in [4.69, 9.17) is 14.7 Å². The lowest BCUT2D eigenvalue weighted by molar-refractivity contribution is 0.230. The summed E-state index contributed by atoms with van der Waals surface area (Å²) in [7, 11) is 0. The van der Waals surface area contributed by atoms with Gasteiger partial charge in [0.1, 0.15) is 18.2 Å². The minimum absolute atomic E-state index is 0.165. The molecule has 3 aromatic rings. The molecule has 1 N–H and O–H groups in total. The van der Waals surface area contributed by atoms with Crippen LogP contribution in [-0.4, -0.2) is 5.11 Å². The number of nitrogens with zero attached hydrogens (tertiary/aromatic N) is 1. The van der Waals surface area contributed by atoms with Crippen molar-refractivity contribution >= 4 is 0 Å². The predicted molar refractivity (Wildman–Crippen MR) is 94.3 cm³/mol. The summed E-state index contributed by atoms with van der Waals surface area (Å²) in [5.41, 5.74) is 1.26.